The van der Waals surface area contributed by atoms with Gasteiger partial charge in [0, 0.05) is 41.7 Å². The molecule has 11 heteroatoms. The molecule has 174 valence electrons. The Balaban J connectivity index is 1.48. The second-order valence-electron chi connectivity index (χ2n) is 8.13. The zero-order chi connectivity index (χ0) is 23.0. The summed E-state index contributed by atoms with van der Waals surface area (Å²) in [6.07, 6.45) is 4.84. The largest absolute Gasteiger partial charge is 0.493 e. The Bertz CT molecular complexity index is 1240. The predicted octanol–water partition coefficient (Wildman–Crippen LogP) is 4.67. The van der Waals surface area contributed by atoms with Crippen LogP contribution in [0.1, 0.15) is 48.9 Å². The molecule has 0 saturated carbocycles. The van der Waals surface area contributed by atoms with Crippen molar-refractivity contribution in [3.63, 3.8) is 0 Å². The van der Waals surface area contributed by atoms with Crippen LogP contribution < -0.4 is 9.46 Å². The molecule has 0 aliphatic carbocycles. The summed E-state index contributed by atoms with van der Waals surface area (Å²) >= 11 is 0.862. The van der Waals surface area contributed by atoms with Crippen LogP contribution in [-0.4, -0.2) is 35.8 Å². The third-order valence-corrected chi connectivity index (χ3v) is 8.21. The number of ether oxygens (including phenoxy) is 1. The normalized spacial score (nSPS) is 21.3. The summed E-state index contributed by atoms with van der Waals surface area (Å²) in [6, 6.07) is 8.97. The highest BCUT2D eigenvalue weighted by Gasteiger charge is 2.36. The predicted molar refractivity (Wildman–Crippen MR) is 120 cm³/mol. The molecule has 0 spiro atoms. The molecule has 1 saturated heterocycles. The van der Waals surface area contributed by atoms with Crippen LogP contribution in [0.15, 0.2) is 47.6 Å². The Morgan fingerprint density at radius 3 is 2.67 bits per heavy atom. The number of nitrogens with zero attached hydrogens (tertiary/aromatic N) is 3. The number of hydrogen-bond donors (Lipinski definition) is 1. The van der Waals surface area contributed by atoms with Gasteiger partial charge in [0.25, 0.3) is 10.0 Å². The van der Waals surface area contributed by atoms with Crippen molar-refractivity contribution in [1.29, 1.82) is 0 Å². The van der Waals surface area contributed by atoms with Gasteiger partial charge in [-0.15, -0.1) is 0 Å². The highest BCUT2D eigenvalue weighted by Crippen LogP contribution is 2.44. The van der Waals surface area contributed by atoms with E-state index in [0.717, 1.165) is 42.9 Å². The molecule has 5 rings (SSSR count). The minimum atomic E-state index is -4.19. The molecule has 33 heavy (non-hydrogen) atoms. The van der Waals surface area contributed by atoms with Crippen molar-refractivity contribution in [1.82, 2.24) is 14.3 Å². The van der Waals surface area contributed by atoms with Gasteiger partial charge in [0.1, 0.15) is 28.6 Å². The topological polar surface area (TPSA) is 84.4 Å². The number of likely N-dealkylation sites (tertiary alicyclic amines) is 1. The lowest BCUT2D eigenvalue weighted by Crippen LogP contribution is -2.39. The highest BCUT2D eigenvalue weighted by atomic mass is 32.2. The van der Waals surface area contributed by atoms with Gasteiger partial charge in [-0.3, -0.25) is 9.62 Å². The molecular formula is C22H22F2N4O3S2. The molecule has 0 bridgehead atoms. The summed E-state index contributed by atoms with van der Waals surface area (Å²) < 4.78 is 65.9. The first-order valence-corrected chi connectivity index (χ1v) is 12.9. The fourth-order valence-corrected chi connectivity index (χ4v) is 6.42. The van der Waals surface area contributed by atoms with Crippen LogP contribution in [0.3, 0.4) is 0 Å². The number of rotatable bonds is 5. The fourth-order valence-electron chi connectivity index (χ4n) is 4.68. The lowest BCUT2D eigenvalue weighted by molar-refractivity contribution is 0.0665. The number of fused-ring (bicyclic) bond motifs is 1. The van der Waals surface area contributed by atoms with E-state index < -0.39 is 20.7 Å². The molecule has 7 nitrogen and oxygen atoms in total. The Kier molecular flexibility index (Phi) is 6.02. The molecule has 1 fully saturated rings. The Morgan fingerprint density at radius 2 is 1.91 bits per heavy atom. The van der Waals surface area contributed by atoms with Gasteiger partial charge < -0.3 is 4.74 Å². The Hall–Kier alpha value is -2.63. The van der Waals surface area contributed by atoms with Gasteiger partial charge in [-0.05, 0) is 43.1 Å². The van der Waals surface area contributed by atoms with Crippen LogP contribution in [0.2, 0.25) is 0 Å². The molecule has 2 aromatic carbocycles. The average Bonchev–Trinajstić information content (AvgIpc) is 3.31. The van der Waals surface area contributed by atoms with Crippen LogP contribution in [-0.2, 0) is 10.0 Å². The van der Waals surface area contributed by atoms with Crippen LogP contribution in [0.4, 0.5) is 13.9 Å². The molecule has 0 radical (unpaired) electrons. The first kappa shape index (κ1) is 22.2. The number of halogens is 2. The van der Waals surface area contributed by atoms with Gasteiger partial charge in [0.05, 0.1) is 6.61 Å². The van der Waals surface area contributed by atoms with Gasteiger partial charge in [0.2, 0.25) is 5.13 Å². The van der Waals surface area contributed by atoms with E-state index in [2.05, 4.69) is 19.0 Å². The number of hydrogen-bond acceptors (Lipinski definition) is 7. The van der Waals surface area contributed by atoms with E-state index in [-0.39, 0.29) is 23.0 Å². The van der Waals surface area contributed by atoms with Crippen LogP contribution in [0.5, 0.6) is 5.75 Å². The van der Waals surface area contributed by atoms with Crippen molar-refractivity contribution < 1.29 is 21.9 Å². The number of benzene rings is 2. The smallest absolute Gasteiger partial charge is 0.266 e. The molecule has 2 aliphatic heterocycles. The van der Waals surface area contributed by atoms with Gasteiger partial charge in [0.15, 0.2) is 0 Å². The highest BCUT2D eigenvalue weighted by molar-refractivity contribution is 7.93. The Morgan fingerprint density at radius 1 is 1.09 bits per heavy atom. The lowest BCUT2D eigenvalue weighted by atomic mass is 9.89. The zero-order valence-electron chi connectivity index (χ0n) is 17.6. The summed E-state index contributed by atoms with van der Waals surface area (Å²) in [6.45, 7) is 1.20. The minimum absolute atomic E-state index is 0.0568. The van der Waals surface area contributed by atoms with Crippen molar-refractivity contribution in [2.24, 2.45) is 0 Å². The molecule has 3 heterocycles. The second-order valence-corrected chi connectivity index (χ2v) is 10.6. The monoisotopic (exact) mass is 492 g/mol. The molecule has 1 N–H and O–H groups in total. The van der Waals surface area contributed by atoms with Crippen LogP contribution in [0.25, 0.3) is 0 Å². The van der Waals surface area contributed by atoms with Crippen molar-refractivity contribution in [3.8, 4) is 5.75 Å². The number of piperidine rings is 1. The van der Waals surface area contributed by atoms with Gasteiger partial charge in [-0.2, -0.15) is 4.37 Å². The SMILES string of the molecule is O=S(=O)(Nc1ncns1)c1cc2c(cc1F)C(N1CCCCC1c1ccc(F)cc1)CCO2. The molecule has 2 atom stereocenters. The zero-order valence-corrected chi connectivity index (χ0v) is 19.2. The summed E-state index contributed by atoms with van der Waals surface area (Å²) in [5.74, 6) is -0.777. The average molecular weight is 493 g/mol. The van der Waals surface area contributed by atoms with E-state index in [0.29, 0.717) is 24.3 Å². The molecule has 0 amide bonds. The minimum Gasteiger partial charge on any atom is -0.493 e. The maximum atomic E-state index is 15.1. The first-order valence-electron chi connectivity index (χ1n) is 10.7. The van der Waals surface area contributed by atoms with E-state index in [1.54, 1.807) is 12.1 Å². The van der Waals surface area contributed by atoms with E-state index in [1.165, 1.54) is 30.6 Å². The quantitative estimate of drug-likeness (QED) is 0.557. The maximum absolute atomic E-state index is 15.1. The van der Waals surface area contributed by atoms with E-state index in [1.807, 2.05) is 0 Å². The molecule has 3 aromatic rings. The number of aromatic nitrogens is 2. The standard InChI is InChI=1S/C22H22F2N4O3S2/c23-15-6-4-14(5-7-15)18-3-1-2-9-28(18)19-8-10-31-20-12-21(17(24)11-16(19)20)33(29,30)27-22-25-13-26-32-22/h4-7,11-13,18-19H,1-3,8-10H2,(H,25,26,27). The van der Waals surface area contributed by atoms with E-state index in [4.69, 9.17) is 4.74 Å². The lowest BCUT2D eigenvalue weighted by Gasteiger charge is -2.43. The third-order valence-electron chi connectivity index (χ3n) is 6.14. The number of anilines is 1. The van der Waals surface area contributed by atoms with Crippen molar-refractivity contribution in [2.75, 3.05) is 17.9 Å². The molecule has 2 unspecified atom stereocenters. The second kappa shape index (κ2) is 8.96. The van der Waals surface area contributed by atoms with E-state index >= 15 is 4.39 Å². The molecular weight excluding hydrogens is 470 g/mol. The number of nitrogens with one attached hydrogen (secondary N) is 1. The van der Waals surface area contributed by atoms with Crippen LogP contribution >= 0.6 is 11.5 Å². The maximum Gasteiger partial charge on any atom is 0.266 e. The summed E-state index contributed by atoms with van der Waals surface area (Å²) in [5.41, 5.74) is 1.65. The summed E-state index contributed by atoms with van der Waals surface area (Å²) in [4.78, 5) is 5.61. The molecule has 2 aliphatic rings. The fraction of sp³-hybridized carbons (Fsp3) is 0.364. The number of sulfonamides is 1. The van der Waals surface area contributed by atoms with Gasteiger partial charge >= 0.3 is 0 Å². The van der Waals surface area contributed by atoms with E-state index in [9.17, 15) is 12.8 Å². The van der Waals surface area contributed by atoms with Crippen molar-refractivity contribution in [3.05, 3.63) is 65.5 Å². The Labute approximate surface area is 194 Å². The van der Waals surface area contributed by atoms with Crippen molar-refractivity contribution >= 4 is 26.7 Å². The van der Waals surface area contributed by atoms with Gasteiger partial charge in [-0.1, -0.05) is 18.6 Å². The van der Waals surface area contributed by atoms with Crippen LogP contribution in [0, 0.1) is 11.6 Å². The van der Waals surface area contributed by atoms with Gasteiger partial charge in [-0.25, -0.2) is 22.2 Å². The third kappa shape index (κ3) is 4.44. The first-order chi connectivity index (χ1) is 15.9. The summed E-state index contributed by atoms with van der Waals surface area (Å²) in [7, 11) is -4.19. The van der Waals surface area contributed by atoms with Crippen molar-refractivity contribution in [2.45, 2.75) is 42.7 Å². The molecule has 1 aromatic heterocycles. The summed E-state index contributed by atoms with van der Waals surface area (Å²) in [5, 5.41) is 0.0568.